The molecular formula is C14H21N5. The third-order valence-electron chi connectivity index (χ3n) is 3.09. The van der Waals surface area contributed by atoms with E-state index in [0.717, 1.165) is 22.6 Å². The molecule has 0 amide bonds. The molecule has 0 aliphatic rings. The predicted molar refractivity (Wildman–Crippen MR) is 75.5 cm³/mol. The molecule has 2 aromatic heterocycles. The van der Waals surface area contributed by atoms with Crippen LogP contribution in [0.3, 0.4) is 0 Å². The number of nitrogens with one attached hydrogen (secondary N) is 1. The second-order valence-electron chi connectivity index (χ2n) is 5.08. The fourth-order valence-electron chi connectivity index (χ4n) is 2.37. The van der Waals surface area contributed by atoms with E-state index < -0.39 is 0 Å². The molecule has 19 heavy (non-hydrogen) atoms. The lowest BCUT2D eigenvalue weighted by atomic mass is 10.0. The van der Waals surface area contributed by atoms with E-state index >= 15 is 0 Å². The Bertz CT molecular complexity index is 538. The third-order valence-corrected chi connectivity index (χ3v) is 3.09. The zero-order valence-electron chi connectivity index (χ0n) is 11.9. The second kappa shape index (κ2) is 5.50. The summed E-state index contributed by atoms with van der Waals surface area (Å²) in [6.07, 6.45) is 1.81. The molecule has 0 saturated carbocycles. The highest BCUT2D eigenvalue weighted by molar-refractivity contribution is 5.30. The van der Waals surface area contributed by atoms with E-state index in [2.05, 4.69) is 41.5 Å². The lowest BCUT2D eigenvalue weighted by molar-refractivity contribution is 0.476. The summed E-state index contributed by atoms with van der Waals surface area (Å²) in [5, 5.41) is 4.36. The van der Waals surface area contributed by atoms with E-state index in [9.17, 15) is 0 Å². The van der Waals surface area contributed by atoms with Crippen molar-refractivity contribution in [3.63, 3.8) is 0 Å². The fraction of sp³-hybridized carbons (Fsp3) is 0.429. The molecule has 0 radical (unpaired) electrons. The molecule has 0 fully saturated rings. The summed E-state index contributed by atoms with van der Waals surface area (Å²) in [6.45, 7) is 8.19. The van der Waals surface area contributed by atoms with Gasteiger partial charge >= 0.3 is 0 Å². The summed E-state index contributed by atoms with van der Waals surface area (Å²) in [6, 6.07) is 6.31. The Morgan fingerprint density at radius 3 is 2.37 bits per heavy atom. The minimum atomic E-state index is -0.0784. The van der Waals surface area contributed by atoms with E-state index in [1.54, 1.807) is 6.20 Å². The van der Waals surface area contributed by atoms with Crippen LogP contribution in [0.4, 0.5) is 0 Å². The van der Waals surface area contributed by atoms with Crippen molar-refractivity contribution in [3.05, 3.63) is 47.0 Å². The fourth-order valence-corrected chi connectivity index (χ4v) is 2.37. The van der Waals surface area contributed by atoms with E-state index in [-0.39, 0.29) is 6.04 Å². The number of aryl methyl sites for hydroxylation is 2. The normalized spacial score (nSPS) is 12.9. The lowest BCUT2D eigenvalue weighted by Crippen LogP contribution is -2.31. The quantitative estimate of drug-likeness (QED) is 0.651. The summed E-state index contributed by atoms with van der Waals surface area (Å²) >= 11 is 0. The number of aromatic nitrogens is 3. The van der Waals surface area contributed by atoms with Gasteiger partial charge in [-0.3, -0.25) is 15.5 Å². The molecule has 0 aromatic carbocycles. The van der Waals surface area contributed by atoms with E-state index in [0.29, 0.717) is 6.04 Å². The SMILES string of the molecule is Cc1cc(C(NN)c2ccnn2C(C)C)cc(C)n1. The Morgan fingerprint density at radius 2 is 1.84 bits per heavy atom. The first kappa shape index (κ1) is 13.7. The largest absolute Gasteiger partial charge is 0.271 e. The van der Waals surface area contributed by atoms with Gasteiger partial charge in [-0.1, -0.05) is 0 Å². The maximum atomic E-state index is 5.75. The number of rotatable bonds is 4. The van der Waals surface area contributed by atoms with E-state index in [1.165, 1.54) is 0 Å². The van der Waals surface area contributed by atoms with Crippen LogP contribution >= 0.6 is 0 Å². The van der Waals surface area contributed by atoms with Gasteiger partial charge < -0.3 is 0 Å². The van der Waals surface area contributed by atoms with Gasteiger partial charge in [-0.15, -0.1) is 0 Å². The molecule has 102 valence electrons. The number of nitrogens with two attached hydrogens (primary N) is 1. The average molecular weight is 259 g/mol. The Morgan fingerprint density at radius 1 is 1.21 bits per heavy atom. The van der Waals surface area contributed by atoms with Gasteiger partial charge in [0, 0.05) is 23.6 Å². The Labute approximate surface area is 113 Å². The van der Waals surface area contributed by atoms with Crippen LogP contribution in [0.5, 0.6) is 0 Å². The molecule has 1 atom stereocenters. The molecule has 5 nitrogen and oxygen atoms in total. The molecule has 1 unspecified atom stereocenters. The van der Waals surface area contributed by atoms with Crippen molar-refractivity contribution < 1.29 is 0 Å². The Hall–Kier alpha value is -1.72. The van der Waals surface area contributed by atoms with Crippen molar-refractivity contribution in [1.29, 1.82) is 0 Å². The second-order valence-corrected chi connectivity index (χ2v) is 5.08. The number of pyridine rings is 1. The van der Waals surface area contributed by atoms with Crippen molar-refractivity contribution >= 4 is 0 Å². The van der Waals surface area contributed by atoms with Gasteiger partial charge in [0.15, 0.2) is 0 Å². The molecule has 0 spiro atoms. The number of hydrazine groups is 1. The zero-order chi connectivity index (χ0) is 14.0. The Balaban J connectivity index is 2.47. The van der Waals surface area contributed by atoms with Gasteiger partial charge in [0.2, 0.25) is 0 Å². The molecule has 0 aliphatic heterocycles. The van der Waals surface area contributed by atoms with Crippen LogP contribution < -0.4 is 11.3 Å². The molecule has 2 rings (SSSR count). The first-order valence-corrected chi connectivity index (χ1v) is 6.47. The highest BCUT2D eigenvalue weighted by Gasteiger charge is 2.19. The van der Waals surface area contributed by atoms with Gasteiger partial charge in [-0.2, -0.15) is 5.10 Å². The van der Waals surface area contributed by atoms with Crippen LogP contribution in [0.2, 0.25) is 0 Å². The lowest BCUT2D eigenvalue weighted by Gasteiger charge is -2.20. The van der Waals surface area contributed by atoms with Crippen molar-refractivity contribution in [2.24, 2.45) is 5.84 Å². The molecule has 2 aromatic rings. The van der Waals surface area contributed by atoms with Crippen LogP contribution in [-0.4, -0.2) is 14.8 Å². The topological polar surface area (TPSA) is 68.8 Å². The maximum Gasteiger partial charge on any atom is 0.0879 e. The summed E-state index contributed by atoms with van der Waals surface area (Å²) in [7, 11) is 0. The standard InChI is InChI=1S/C14H21N5/c1-9(2)19-13(5-6-16-19)14(18-15)12-7-10(3)17-11(4)8-12/h5-9,14,18H,15H2,1-4H3. The molecule has 0 bridgehead atoms. The minimum Gasteiger partial charge on any atom is -0.271 e. The highest BCUT2D eigenvalue weighted by Crippen LogP contribution is 2.24. The van der Waals surface area contributed by atoms with E-state index in [4.69, 9.17) is 5.84 Å². The molecule has 0 aliphatic carbocycles. The summed E-state index contributed by atoms with van der Waals surface area (Å²) in [4.78, 5) is 4.40. The highest BCUT2D eigenvalue weighted by atomic mass is 15.3. The predicted octanol–water partition coefficient (Wildman–Crippen LogP) is 2.03. The molecule has 5 heteroatoms. The monoisotopic (exact) mass is 259 g/mol. The van der Waals surface area contributed by atoms with Crippen molar-refractivity contribution in [3.8, 4) is 0 Å². The number of nitrogens with zero attached hydrogens (tertiary/aromatic N) is 3. The van der Waals surface area contributed by atoms with Crippen molar-refractivity contribution in [2.75, 3.05) is 0 Å². The van der Waals surface area contributed by atoms with Crippen LogP contribution in [-0.2, 0) is 0 Å². The van der Waals surface area contributed by atoms with Gasteiger partial charge in [-0.05, 0) is 51.5 Å². The van der Waals surface area contributed by atoms with Crippen molar-refractivity contribution in [1.82, 2.24) is 20.2 Å². The summed E-state index contributed by atoms with van der Waals surface area (Å²) in [5.74, 6) is 5.75. The number of hydrogen-bond acceptors (Lipinski definition) is 4. The summed E-state index contributed by atoms with van der Waals surface area (Å²) < 4.78 is 1.98. The zero-order valence-corrected chi connectivity index (χ0v) is 11.9. The first-order valence-electron chi connectivity index (χ1n) is 6.47. The van der Waals surface area contributed by atoms with Crippen LogP contribution in [0.25, 0.3) is 0 Å². The van der Waals surface area contributed by atoms with Crippen LogP contribution in [0, 0.1) is 13.8 Å². The number of hydrogen-bond donors (Lipinski definition) is 2. The van der Waals surface area contributed by atoms with Gasteiger partial charge in [-0.25, -0.2) is 5.43 Å². The van der Waals surface area contributed by atoms with Gasteiger partial charge in [0.05, 0.1) is 11.7 Å². The molecule has 0 saturated heterocycles. The molecule has 2 heterocycles. The molecular weight excluding hydrogens is 238 g/mol. The van der Waals surface area contributed by atoms with Crippen LogP contribution in [0.15, 0.2) is 24.4 Å². The average Bonchev–Trinajstić information content (AvgIpc) is 2.78. The third kappa shape index (κ3) is 2.83. The Kier molecular flexibility index (Phi) is 3.97. The van der Waals surface area contributed by atoms with Gasteiger partial charge in [0.1, 0.15) is 0 Å². The van der Waals surface area contributed by atoms with Gasteiger partial charge in [0.25, 0.3) is 0 Å². The minimum absolute atomic E-state index is 0.0784. The van der Waals surface area contributed by atoms with Crippen molar-refractivity contribution in [2.45, 2.75) is 39.8 Å². The smallest absolute Gasteiger partial charge is 0.0879 e. The first-order chi connectivity index (χ1) is 9.02. The molecule has 3 N–H and O–H groups in total. The maximum absolute atomic E-state index is 5.75. The van der Waals surface area contributed by atoms with E-state index in [1.807, 2.05) is 24.6 Å². The van der Waals surface area contributed by atoms with Crippen LogP contribution in [0.1, 0.15) is 48.6 Å². The summed E-state index contributed by atoms with van der Waals surface area (Å²) in [5.41, 5.74) is 7.03.